The largest absolute Gasteiger partial charge is 0.466 e. The Morgan fingerprint density at radius 3 is 2.77 bits per heavy atom. The van der Waals surface area contributed by atoms with Crippen LogP contribution in [0.1, 0.15) is 18.4 Å². The van der Waals surface area contributed by atoms with Crippen molar-refractivity contribution in [1.29, 1.82) is 0 Å². The second-order valence-electron chi connectivity index (χ2n) is 5.76. The van der Waals surface area contributed by atoms with Gasteiger partial charge in [0.1, 0.15) is 6.61 Å². The number of ether oxygens (including phenoxy) is 2. The molecule has 0 N–H and O–H groups in total. The maximum absolute atomic E-state index is 12.3. The van der Waals surface area contributed by atoms with Gasteiger partial charge in [0.25, 0.3) is 0 Å². The Morgan fingerprint density at radius 1 is 1.32 bits per heavy atom. The maximum Gasteiger partial charge on any atom is 0.410 e. The molecule has 1 aromatic rings. The van der Waals surface area contributed by atoms with Crippen molar-refractivity contribution >= 4 is 12.1 Å². The number of carbonyl (C=O) groups excluding carboxylic acids is 2. The van der Waals surface area contributed by atoms with E-state index in [1.807, 2.05) is 30.3 Å². The molecule has 2 unspecified atom stereocenters. The van der Waals surface area contributed by atoms with E-state index in [1.54, 1.807) is 4.90 Å². The molecule has 1 aliphatic heterocycles. The average Bonchev–Trinajstić information content (AvgIpc) is 3.13. The molecule has 3 rings (SSSR count). The van der Waals surface area contributed by atoms with Gasteiger partial charge in [-0.25, -0.2) is 9.59 Å². The van der Waals surface area contributed by atoms with Crippen molar-refractivity contribution < 1.29 is 19.1 Å². The van der Waals surface area contributed by atoms with Crippen LogP contribution in [-0.2, 0) is 20.9 Å². The van der Waals surface area contributed by atoms with Crippen molar-refractivity contribution in [1.82, 2.24) is 4.90 Å². The summed E-state index contributed by atoms with van der Waals surface area (Å²) >= 11 is 0. The first-order valence-electron chi connectivity index (χ1n) is 7.43. The molecule has 1 aromatic carbocycles. The van der Waals surface area contributed by atoms with E-state index in [1.165, 1.54) is 13.2 Å². The fraction of sp³-hybridized carbons (Fsp3) is 0.412. The van der Waals surface area contributed by atoms with Gasteiger partial charge in [-0.2, -0.15) is 0 Å². The predicted molar refractivity (Wildman–Crippen MR) is 79.9 cm³/mol. The van der Waals surface area contributed by atoms with E-state index < -0.39 is 0 Å². The van der Waals surface area contributed by atoms with Gasteiger partial charge in [0.2, 0.25) is 0 Å². The Hall–Kier alpha value is -2.30. The minimum absolute atomic E-state index is 0.0210. The average molecular weight is 301 g/mol. The van der Waals surface area contributed by atoms with Crippen molar-refractivity contribution in [2.24, 2.45) is 5.92 Å². The third-order valence-corrected chi connectivity index (χ3v) is 4.28. The van der Waals surface area contributed by atoms with Crippen LogP contribution in [0.4, 0.5) is 4.79 Å². The van der Waals surface area contributed by atoms with Gasteiger partial charge in [0.15, 0.2) is 0 Å². The molecule has 5 nitrogen and oxygen atoms in total. The van der Waals surface area contributed by atoms with Crippen LogP contribution in [0.2, 0.25) is 0 Å². The molecule has 2 atom stereocenters. The number of fused-ring (bicyclic) bond motifs is 2. The van der Waals surface area contributed by atoms with Gasteiger partial charge >= 0.3 is 12.1 Å². The number of benzene rings is 1. The summed E-state index contributed by atoms with van der Waals surface area (Å²) in [4.78, 5) is 25.4. The van der Waals surface area contributed by atoms with Crippen LogP contribution in [0.5, 0.6) is 0 Å². The third-order valence-electron chi connectivity index (χ3n) is 4.28. The van der Waals surface area contributed by atoms with Gasteiger partial charge < -0.3 is 14.4 Å². The number of rotatable bonds is 3. The molecule has 22 heavy (non-hydrogen) atoms. The fourth-order valence-electron chi connectivity index (χ4n) is 3.26. The number of nitrogens with zero attached hydrogens (tertiary/aromatic N) is 1. The highest BCUT2D eigenvalue weighted by atomic mass is 16.6. The molecule has 1 aliphatic carbocycles. The summed E-state index contributed by atoms with van der Waals surface area (Å²) < 4.78 is 10.1. The van der Waals surface area contributed by atoms with Crippen molar-refractivity contribution in [3.8, 4) is 0 Å². The molecule has 2 bridgehead atoms. The number of likely N-dealkylation sites (tertiary alicyclic amines) is 1. The van der Waals surface area contributed by atoms with Crippen LogP contribution in [0.3, 0.4) is 0 Å². The van der Waals surface area contributed by atoms with Crippen molar-refractivity contribution in [2.75, 3.05) is 13.7 Å². The minimum Gasteiger partial charge on any atom is -0.466 e. The third kappa shape index (κ3) is 2.98. The first-order chi connectivity index (χ1) is 10.7. The molecule has 1 amide bonds. The number of methoxy groups -OCH3 is 1. The molecule has 1 saturated heterocycles. The number of hydrogen-bond acceptors (Lipinski definition) is 4. The molecule has 0 spiro atoms. The highest BCUT2D eigenvalue weighted by molar-refractivity contribution is 5.83. The van der Waals surface area contributed by atoms with Gasteiger partial charge in [-0.1, -0.05) is 30.3 Å². The number of carbonyl (C=O) groups is 2. The van der Waals surface area contributed by atoms with Crippen molar-refractivity contribution in [3.05, 3.63) is 47.5 Å². The van der Waals surface area contributed by atoms with Crippen LogP contribution < -0.4 is 0 Å². The second-order valence-corrected chi connectivity index (χ2v) is 5.76. The summed E-state index contributed by atoms with van der Waals surface area (Å²) in [7, 11) is 1.36. The number of piperidine rings is 1. The normalized spacial score (nSPS) is 24.6. The highest BCUT2D eigenvalue weighted by Crippen LogP contribution is 2.41. The Labute approximate surface area is 129 Å². The van der Waals surface area contributed by atoms with E-state index in [0.717, 1.165) is 24.0 Å². The molecule has 0 aromatic heterocycles. The zero-order chi connectivity index (χ0) is 15.5. The lowest BCUT2D eigenvalue weighted by Gasteiger charge is -2.28. The monoisotopic (exact) mass is 301 g/mol. The molecular formula is C17H19NO4. The van der Waals surface area contributed by atoms with Crippen LogP contribution >= 0.6 is 0 Å². The number of esters is 1. The summed E-state index contributed by atoms with van der Waals surface area (Å²) in [5.41, 5.74) is 1.94. The summed E-state index contributed by atoms with van der Waals surface area (Å²) in [5, 5.41) is 0. The molecule has 2 aliphatic rings. The number of hydrogen-bond donors (Lipinski definition) is 0. The van der Waals surface area contributed by atoms with Gasteiger partial charge in [0, 0.05) is 12.6 Å². The minimum atomic E-state index is -0.361. The Bertz CT molecular complexity index is 596. The second kappa shape index (κ2) is 6.22. The first-order valence-corrected chi connectivity index (χ1v) is 7.43. The van der Waals surface area contributed by atoms with Crippen LogP contribution in [0, 0.1) is 5.92 Å². The van der Waals surface area contributed by atoms with Gasteiger partial charge in [-0.3, -0.25) is 0 Å². The predicted octanol–water partition coefficient (Wildman–Crippen LogP) is 2.52. The zero-order valence-corrected chi connectivity index (χ0v) is 12.5. The zero-order valence-electron chi connectivity index (χ0n) is 12.5. The molecular weight excluding hydrogens is 282 g/mol. The van der Waals surface area contributed by atoms with E-state index in [-0.39, 0.29) is 24.7 Å². The Morgan fingerprint density at radius 2 is 2.09 bits per heavy atom. The van der Waals surface area contributed by atoms with E-state index in [4.69, 9.17) is 4.74 Å². The van der Waals surface area contributed by atoms with Crippen LogP contribution in [0.15, 0.2) is 42.0 Å². The first kappa shape index (κ1) is 14.6. The van der Waals surface area contributed by atoms with Gasteiger partial charge in [-0.15, -0.1) is 0 Å². The standard InChI is InChI=1S/C17H19NO4/c1-21-16(19)9-14-7-13-8-15(14)18(10-13)17(20)22-11-12-5-3-2-4-6-12/h2-6,9,13,15H,7-8,10-11H2,1H3. The van der Waals surface area contributed by atoms with Gasteiger partial charge in [-0.05, 0) is 29.9 Å². The highest BCUT2D eigenvalue weighted by Gasteiger charge is 2.44. The lowest BCUT2D eigenvalue weighted by Crippen LogP contribution is -2.39. The summed E-state index contributed by atoms with van der Waals surface area (Å²) in [5.74, 6) is 0.0605. The molecule has 116 valence electrons. The summed E-state index contributed by atoms with van der Waals surface area (Å²) in [6.07, 6.45) is 2.97. The molecule has 2 fully saturated rings. The van der Waals surface area contributed by atoms with E-state index in [2.05, 4.69) is 4.74 Å². The number of amides is 1. The molecule has 1 saturated carbocycles. The lowest BCUT2D eigenvalue weighted by atomic mass is 10.1. The Kier molecular flexibility index (Phi) is 4.13. The van der Waals surface area contributed by atoms with E-state index in [0.29, 0.717) is 12.5 Å². The molecule has 0 radical (unpaired) electrons. The van der Waals surface area contributed by atoms with Gasteiger partial charge in [0.05, 0.1) is 13.2 Å². The van der Waals surface area contributed by atoms with E-state index in [9.17, 15) is 9.59 Å². The van der Waals surface area contributed by atoms with Crippen LogP contribution in [-0.4, -0.2) is 36.7 Å². The topological polar surface area (TPSA) is 55.8 Å². The smallest absolute Gasteiger partial charge is 0.410 e. The summed E-state index contributed by atoms with van der Waals surface area (Å²) in [6.45, 7) is 0.973. The molecule has 1 heterocycles. The molecule has 5 heteroatoms. The van der Waals surface area contributed by atoms with Crippen LogP contribution in [0.25, 0.3) is 0 Å². The van der Waals surface area contributed by atoms with E-state index >= 15 is 0 Å². The van der Waals surface area contributed by atoms with Crippen molar-refractivity contribution in [2.45, 2.75) is 25.5 Å². The lowest BCUT2D eigenvalue weighted by molar-refractivity contribution is -0.134. The van der Waals surface area contributed by atoms with Crippen molar-refractivity contribution in [3.63, 3.8) is 0 Å². The SMILES string of the molecule is COC(=O)C=C1CC2CC1N(C(=O)OCc1ccccc1)C2. The Balaban J connectivity index is 1.62. The quantitative estimate of drug-likeness (QED) is 0.636. The summed E-state index contributed by atoms with van der Waals surface area (Å²) in [6, 6.07) is 9.58. The maximum atomic E-state index is 12.3. The fourth-order valence-corrected chi connectivity index (χ4v) is 3.26.